The molecule has 3 aliphatic rings. The first-order chi connectivity index (χ1) is 22.0. The molecule has 2 fully saturated rings. The van der Waals surface area contributed by atoms with Crippen LogP contribution >= 0.6 is 0 Å². The number of carbonyl (C=O) groups excluding carboxylic acids is 2. The zero-order valence-electron chi connectivity index (χ0n) is 25.3. The molecule has 2 saturated heterocycles. The van der Waals surface area contributed by atoms with Crippen molar-refractivity contribution in [3.63, 3.8) is 0 Å². The van der Waals surface area contributed by atoms with Crippen LogP contribution in [0.2, 0.25) is 0 Å². The van der Waals surface area contributed by atoms with Gasteiger partial charge in [0.25, 0.3) is 0 Å². The summed E-state index contributed by atoms with van der Waals surface area (Å²) in [5.74, 6) is 0.385. The molecule has 0 radical (unpaired) electrons. The predicted octanol–water partition coefficient (Wildman–Crippen LogP) is -1.95. The van der Waals surface area contributed by atoms with Gasteiger partial charge in [-0.3, -0.25) is 9.59 Å². The molecule has 252 valence electrons. The smallest absolute Gasteiger partial charge is 0.223 e. The van der Waals surface area contributed by atoms with Gasteiger partial charge in [0.05, 0.1) is 19.8 Å². The molecule has 0 aliphatic carbocycles. The Morgan fingerprint density at radius 1 is 0.761 bits per heavy atom. The van der Waals surface area contributed by atoms with Gasteiger partial charge in [-0.1, -0.05) is 18.2 Å². The summed E-state index contributed by atoms with van der Waals surface area (Å²) in [6.07, 6.45) is -9.61. The zero-order chi connectivity index (χ0) is 33.1. The number of aliphatic hydroxyl groups excluding tert-OH is 6. The summed E-state index contributed by atoms with van der Waals surface area (Å²) in [6, 6.07) is 10.2. The number of rotatable bonds is 9. The number of hydrogen-bond donors (Lipinski definition) is 8. The van der Waals surface area contributed by atoms with Crippen LogP contribution in [-0.4, -0.2) is 124 Å². The Hall–Kier alpha value is -3.54. The van der Waals surface area contributed by atoms with Crippen LogP contribution in [0.5, 0.6) is 17.2 Å². The minimum atomic E-state index is -1.43. The normalized spacial score (nSPS) is 34.0. The molecule has 0 saturated carbocycles. The monoisotopic (exact) mass is 648 g/mol. The highest BCUT2D eigenvalue weighted by atomic mass is 16.7. The highest BCUT2D eigenvalue weighted by molar-refractivity contribution is 5.73. The molecule has 2 amide bonds. The average Bonchev–Trinajstić information content (AvgIpc) is 3.04. The second-order valence-electron chi connectivity index (χ2n) is 11.7. The van der Waals surface area contributed by atoms with E-state index in [0.717, 1.165) is 11.1 Å². The molecular weight excluding hydrogens is 608 g/mol. The van der Waals surface area contributed by atoms with Crippen LogP contribution in [0, 0.1) is 0 Å². The molecule has 0 bridgehead atoms. The van der Waals surface area contributed by atoms with Gasteiger partial charge in [-0.15, -0.1) is 0 Å². The molecule has 3 heterocycles. The van der Waals surface area contributed by atoms with Crippen molar-refractivity contribution < 1.29 is 63.9 Å². The van der Waals surface area contributed by atoms with Crippen molar-refractivity contribution in [2.24, 2.45) is 0 Å². The average molecular weight is 649 g/mol. The van der Waals surface area contributed by atoms with Crippen LogP contribution in [0.3, 0.4) is 0 Å². The fourth-order valence-electron chi connectivity index (χ4n) is 5.87. The van der Waals surface area contributed by atoms with E-state index in [2.05, 4.69) is 10.6 Å². The third-order valence-electron chi connectivity index (χ3n) is 8.30. The molecule has 5 rings (SSSR count). The maximum absolute atomic E-state index is 11.7. The Morgan fingerprint density at radius 3 is 1.76 bits per heavy atom. The van der Waals surface area contributed by atoms with Crippen LogP contribution < -0.4 is 24.8 Å². The van der Waals surface area contributed by atoms with Gasteiger partial charge >= 0.3 is 0 Å². The van der Waals surface area contributed by atoms with Gasteiger partial charge < -0.3 is 65.0 Å². The van der Waals surface area contributed by atoms with E-state index < -0.39 is 86.3 Å². The summed E-state index contributed by atoms with van der Waals surface area (Å²) in [5.41, 5.74) is 1.87. The van der Waals surface area contributed by atoms with Crippen molar-refractivity contribution in [1.29, 1.82) is 0 Å². The fraction of sp³-hybridized carbons (Fsp3) is 0.548. The minimum absolute atomic E-state index is 0.00473. The van der Waals surface area contributed by atoms with E-state index in [0.29, 0.717) is 30.3 Å². The topological polar surface area (TPSA) is 226 Å². The van der Waals surface area contributed by atoms with Gasteiger partial charge in [0, 0.05) is 25.8 Å². The summed E-state index contributed by atoms with van der Waals surface area (Å²) in [6.45, 7) is 1.76. The molecule has 2 aromatic rings. The lowest BCUT2D eigenvalue weighted by atomic mass is 9.90. The Bertz CT molecular complexity index is 1360. The third kappa shape index (κ3) is 7.37. The van der Waals surface area contributed by atoms with E-state index in [4.69, 9.17) is 23.7 Å². The van der Waals surface area contributed by atoms with E-state index in [1.165, 1.54) is 13.8 Å². The molecule has 46 heavy (non-hydrogen) atoms. The maximum Gasteiger partial charge on any atom is 0.223 e. The summed E-state index contributed by atoms with van der Waals surface area (Å²) in [4.78, 5) is 23.4. The summed E-state index contributed by atoms with van der Waals surface area (Å²) in [5, 5.41) is 65.7. The summed E-state index contributed by atoms with van der Waals surface area (Å²) < 4.78 is 29.2. The first-order valence-electron chi connectivity index (χ1n) is 15.0. The van der Waals surface area contributed by atoms with Crippen molar-refractivity contribution >= 4 is 11.8 Å². The van der Waals surface area contributed by atoms with Gasteiger partial charge in [0.15, 0.2) is 0 Å². The number of carbonyl (C=O) groups is 2. The first kappa shape index (κ1) is 33.8. The van der Waals surface area contributed by atoms with Crippen molar-refractivity contribution in [1.82, 2.24) is 10.6 Å². The lowest BCUT2D eigenvalue weighted by molar-refractivity contribution is -0.244. The molecule has 15 heteroatoms. The first-order valence-corrected chi connectivity index (χ1v) is 15.0. The van der Waals surface area contributed by atoms with Crippen molar-refractivity contribution in [2.75, 3.05) is 19.8 Å². The molecule has 3 aliphatic heterocycles. The number of hydrogen-bond acceptors (Lipinski definition) is 13. The molecule has 0 spiro atoms. The Morgan fingerprint density at radius 2 is 1.26 bits per heavy atom. The zero-order valence-corrected chi connectivity index (χ0v) is 25.3. The van der Waals surface area contributed by atoms with Crippen molar-refractivity contribution in [3.8, 4) is 17.2 Å². The Kier molecular flexibility index (Phi) is 10.6. The van der Waals surface area contributed by atoms with Gasteiger partial charge in [-0.05, 0) is 35.7 Å². The minimum Gasteiger partial charge on any atom is -0.493 e. The van der Waals surface area contributed by atoms with Crippen LogP contribution in [0.1, 0.15) is 30.9 Å². The SMILES string of the molecule is CC(=O)NC1C(Oc2ccc(C3COc4cc(OC5OC(CO)C(O)C(O)C5NC(C)=O)ccc4C3)cc2)OC(CO)C(O)C1O. The second-order valence-corrected chi connectivity index (χ2v) is 11.7. The molecule has 0 aromatic heterocycles. The van der Waals surface area contributed by atoms with Crippen LogP contribution in [-0.2, 0) is 25.5 Å². The van der Waals surface area contributed by atoms with Crippen molar-refractivity contribution in [3.05, 3.63) is 53.6 Å². The molecule has 2 aromatic carbocycles. The van der Waals surface area contributed by atoms with E-state index in [1.54, 1.807) is 24.3 Å². The quantitative estimate of drug-likeness (QED) is 0.148. The molecule has 11 unspecified atom stereocenters. The van der Waals surface area contributed by atoms with Crippen LogP contribution in [0.15, 0.2) is 42.5 Å². The number of aliphatic hydroxyl groups is 6. The highest BCUT2D eigenvalue weighted by Gasteiger charge is 2.47. The van der Waals surface area contributed by atoms with Gasteiger partial charge in [0.2, 0.25) is 24.4 Å². The fourth-order valence-corrected chi connectivity index (χ4v) is 5.87. The molecule has 15 nitrogen and oxygen atoms in total. The Balaban J connectivity index is 1.24. The van der Waals surface area contributed by atoms with Gasteiger partial charge in [-0.2, -0.15) is 0 Å². The number of amides is 2. The molecule has 8 N–H and O–H groups in total. The van der Waals surface area contributed by atoms with E-state index in [1.807, 2.05) is 18.2 Å². The van der Waals surface area contributed by atoms with Crippen molar-refractivity contribution in [2.45, 2.75) is 87.5 Å². The van der Waals surface area contributed by atoms with E-state index in [-0.39, 0.29) is 5.92 Å². The number of nitrogens with one attached hydrogen (secondary N) is 2. The lowest BCUT2D eigenvalue weighted by Gasteiger charge is -2.42. The Labute approximate surface area is 264 Å². The summed E-state index contributed by atoms with van der Waals surface area (Å²) >= 11 is 0. The standard InChI is InChI=1S/C31H40N2O13/c1-14(36)32-24-28(40)26(38)22(11-34)45-30(24)43-19-6-3-16(4-7-19)18-9-17-5-8-20(10-21(17)42-13-18)44-31-25(33-15(2)37)29(41)27(39)23(12-35)46-31/h3-8,10,18,22-31,34-35,38-41H,9,11-13H2,1-2H3,(H,32,36)(H,33,37). The molecule has 11 atom stereocenters. The predicted molar refractivity (Wildman–Crippen MR) is 157 cm³/mol. The van der Waals surface area contributed by atoms with Crippen LogP contribution in [0.25, 0.3) is 0 Å². The second kappa shape index (κ2) is 14.5. The van der Waals surface area contributed by atoms with Gasteiger partial charge in [0.1, 0.15) is 66.0 Å². The number of ether oxygens (including phenoxy) is 5. The largest absolute Gasteiger partial charge is 0.493 e. The van der Waals surface area contributed by atoms with E-state index >= 15 is 0 Å². The lowest BCUT2D eigenvalue weighted by Crippen LogP contribution is -2.65. The highest BCUT2D eigenvalue weighted by Crippen LogP contribution is 2.36. The maximum atomic E-state index is 11.7. The van der Waals surface area contributed by atoms with E-state index in [9.17, 15) is 40.2 Å². The number of fused-ring (bicyclic) bond motifs is 1. The van der Waals surface area contributed by atoms with Crippen LogP contribution in [0.4, 0.5) is 0 Å². The third-order valence-corrected chi connectivity index (χ3v) is 8.30. The molecular formula is C31H40N2O13. The van der Waals surface area contributed by atoms with Gasteiger partial charge in [-0.25, -0.2) is 0 Å². The number of benzene rings is 2. The summed E-state index contributed by atoms with van der Waals surface area (Å²) in [7, 11) is 0.